The molecular formula is C35H52Y2-4. The van der Waals surface area contributed by atoms with Crippen molar-refractivity contribution in [2.45, 2.75) is 88.5 Å². The topological polar surface area (TPSA) is 0 Å². The fourth-order valence-corrected chi connectivity index (χ4v) is 2.50. The molecule has 2 heteroatoms. The zero-order valence-electron chi connectivity index (χ0n) is 25.9. The normalized spacial score (nSPS) is 12.9. The molecule has 0 amide bonds. The molecule has 0 bridgehead atoms. The monoisotopic (exact) mass is 650 g/mol. The maximum atomic E-state index is 5.49. The third kappa shape index (κ3) is 25.9. The molecule has 2 radical (unpaired) electrons. The summed E-state index contributed by atoms with van der Waals surface area (Å²) >= 11 is 0. The molecule has 1 aliphatic rings. The summed E-state index contributed by atoms with van der Waals surface area (Å²) in [7, 11) is 0. The van der Waals surface area contributed by atoms with Crippen LogP contribution in [0, 0.1) is 48.0 Å². The van der Waals surface area contributed by atoms with Crippen molar-refractivity contribution >= 4 is 0 Å². The molecular weight excluding hydrogens is 598 g/mol. The van der Waals surface area contributed by atoms with Crippen LogP contribution in [-0.2, 0) is 70.8 Å². The van der Waals surface area contributed by atoms with Gasteiger partial charge in [-0.15, -0.1) is 10.8 Å². The van der Waals surface area contributed by atoms with E-state index in [1.54, 1.807) is 6.08 Å². The number of allylic oxidation sites excluding steroid dienone is 9. The first kappa shape index (κ1) is 43.9. The predicted octanol–water partition coefficient (Wildman–Crippen LogP) is 10.5. The Morgan fingerprint density at radius 3 is 1.35 bits per heavy atom. The molecule has 0 aromatic heterocycles. The van der Waals surface area contributed by atoms with Gasteiger partial charge in [-0.2, -0.15) is 0 Å². The van der Waals surface area contributed by atoms with E-state index in [0.29, 0.717) is 16.7 Å². The van der Waals surface area contributed by atoms with Gasteiger partial charge in [0.15, 0.2) is 0 Å². The van der Waals surface area contributed by atoms with E-state index in [-0.39, 0.29) is 76.2 Å². The van der Waals surface area contributed by atoms with E-state index in [1.165, 1.54) is 17.7 Å². The third-order valence-corrected chi connectivity index (χ3v) is 5.05. The molecule has 0 spiro atoms. The molecule has 0 aliphatic heterocycles. The second kappa shape index (κ2) is 20.7. The van der Waals surface area contributed by atoms with Gasteiger partial charge in [0, 0.05) is 71.3 Å². The number of benzene rings is 1. The second-order valence-electron chi connectivity index (χ2n) is 12.9. The Bertz CT molecular complexity index is 812. The van der Waals surface area contributed by atoms with Crippen molar-refractivity contribution in [3.05, 3.63) is 110 Å². The van der Waals surface area contributed by atoms with Crippen LogP contribution in [0.2, 0.25) is 0 Å². The van der Waals surface area contributed by atoms with E-state index in [4.69, 9.17) is 19.7 Å². The van der Waals surface area contributed by atoms with Crippen molar-refractivity contribution in [2.24, 2.45) is 22.2 Å². The zero-order valence-corrected chi connectivity index (χ0v) is 31.6. The molecule has 0 saturated carbocycles. The maximum absolute atomic E-state index is 5.49. The van der Waals surface area contributed by atoms with Gasteiger partial charge in [0.05, 0.1) is 0 Å². The molecule has 0 atom stereocenters. The van der Waals surface area contributed by atoms with Gasteiger partial charge in [0.1, 0.15) is 0 Å². The summed E-state index contributed by atoms with van der Waals surface area (Å²) < 4.78 is 0. The molecule has 0 fully saturated rings. The van der Waals surface area contributed by atoms with Crippen molar-refractivity contribution in [1.82, 2.24) is 0 Å². The van der Waals surface area contributed by atoms with E-state index >= 15 is 0 Å². The van der Waals surface area contributed by atoms with E-state index in [2.05, 4.69) is 123 Å². The van der Waals surface area contributed by atoms with Gasteiger partial charge in [-0.25, -0.2) is 0 Å². The molecule has 0 saturated heterocycles. The minimum Gasteiger partial charge on any atom is -0.394 e. The summed E-state index contributed by atoms with van der Waals surface area (Å²) in [5.41, 5.74) is 2.99. The number of hydrogen-bond acceptors (Lipinski definition) is 0. The first-order valence-electron chi connectivity index (χ1n) is 12.5. The average Bonchev–Trinajstić information content (AvgIpc) is 3.27. The molecule has 37 heavy (non-hydrogen) atoms. The Labute approximate surface area is 283 Å². The summed E-state index contributed by atoms with van der Waals surface area (Å²) in [4.78, 5) is 0. The fourth-order valence-electron chi connectivity index (χ4n) is 2.50. The van der Waals surface area contributed by atoms with Crippen LogP contribution in [0.1, 0.15) is 88.6 Å². The molecule has 1 aromatic carbocycles. The summed E-state index contributed by atoms with van der Waals surface area (Å²) in [6.07, 6.45) is 16.5. The molecule has 0 nitrogen and oxygen atoms in total. The smallest absolute Gasteiger partial charge is 0.000136 e. The summed E-state index contributed by atoms with van der Waals surface area (Å²) in [5.74, 6) is 0.650. The Morgan fingerprint density at radius 2 is 1.19 bits per heavy atom. The van der Waals surface area contributed by atoms with Crippen LogP contribution in [-0.4, -0.2) is 0 Å². The standard InChI is InChI=1S/C10H14.C9H14.2C8H12.2Y/c1-10(2,3)9-7-5-4-6-8-9;1-9(2,3)8-6-4-5-7-8;1-6-7(2)8(3,4)5;1-5-6-7-8(2,3)4;;/h4-8H,1-3H3;4-8H,1-3H3;1-2,6H,3-5H3;1,5-6H,2-4H3;;/q;;2*-2;;. The molecule has 0 heterocycles. The van der Waals surface area contributed by atoms with Crippen LogP contribution >= 0.6 is 0 Å². The van der Waals surface area contributed by atoms with Crippen molar-refractivity contribution < 1.29 is 65.4 Å². The fraction of sp³-hybridized carbons (Fsp3) is 0.486. The van der Waals surface area contributed by atoms with Gasteiger partial charge >= 0.3 is 0 Å². The van der Waals surface area contributed by atoms with Crippen molar-refractivity contribution in [3.8, 4) is 0 Å². The first-order chi connectivity index (χ1) is 15.8. The van der Waals surface area contributed by atoms with Gasteiger partial charge in [-0.3, -0.25) is 0 Å². The van der Waals surface area contributed by atoms with Crippen LogP contribution in [0.3, 0.4) is 0 Å². The van der Waals surface area contributed by atoms with Crippen molar-refractivity contribution in [1.29, 1.82) is 0 Å². The van der Waals surface area contributed by atoms with E-state index in [0.717, 1.165) is 5.57 Å². The largest absolute Gasteiger partial charge is 0.394 e. The average molecular weight is 651 g/mol. The predicted molar refractivity (Wildman–Crippen MR) is 159 cm³/mol. The van der Waals surface area contributed by atoms with Crippen LogP contribution in [0.4, 0.5) is 0 Å². The van der Waals surface area contributed by atoms with Crippen molar-refractivity contribution in [3.63, 3.8) is 0 Å². The SMILES string of the molecule is CC(C)(C)C1C=CC=C1.CC(C)(C)c1ccccc1.[CH-]=CC(=[CH-])C(C)(C)C.[CH-]=CC=[C-]C(C)(C)C.[Y].[Y]. The molecule has 0 unspecified atom stereocenters. The Hall–Kier alpha value is -0.132. The van der Waals surface area contributed by atoms with Gasteiger partial charge in [-0.1, -0.05) is 138 Å². The number of hydrogen-bond donors (Lipinski definition) is 0. The van der Waals surface area contributed by atoms with Crippen molar-refractivity contribution in [2.75, 3.05) is 0 Å². The Balaban J connectivity index is -0.000000194. The Kier molecular flexibility index (Phi) is 24.6. The summed E-state index contributed by atoms with van der Waals surface area (Å²) in [6.45, 7) is 41.5. The van der Waals surface area contributed by atoms with Crippen LogP contribution < -0.4 is 0 Å². The minimum atomic E-state index is 0. The van der Waals surface area contributed by atoms with Gasteiger partial charge < -0.3 is 49.6 Å². The van der Waals surface area contributed by atoms with E-state index in [9.17, 15) is 0 Å². The molecule has 2 rings (SSSR count). The third-order valence-electron chi connectivity index (χ3n) is 5.05. The zero-order chi connectivity index (χ0) is 27.9. The molecule has 1 aliphatic carbocycles. The van der Waals surface area contributed by atoms with E-state index in [1.807, 2.05) is 20.8 Å². The van der Waals surface area contributed by atoms with Gasteiger partial charge in [0.25, 0.3) is 0 Å². The number of rotatable bonds is 2. The van der Waals surface area contributed by atoms with Crippen LogP contribution in [0.15, 0.2) is 78.4 Å². The first-order valence-corrected chi connectivity index (χ1v) is 12.5. The summed E-state index contributed by atoms with van der Waals surface area (Å²) in [6, 6.07) is 10.6. The van der Waals surface area contributed by atoms with Crippen LogP contribution in [0.25, 0.3) is 0 Å². The van der Waals surface area contributed by atoms with Gasteiger partial charge in [0.2, 0.25) is 0 Å². The molecule has 202 valence electrons. The second-order valence-corrected chi connectivity index (χ2v) is 12.9. The minimum absolute atomic E-state index is 0. The summed E-state index contributed by atoms with van der Waals surface area (Å²) in [5, 5.41) is 0. The van der Waals surface area contributed by atoms with E-state index < -0.39 is 0 Å². The Morgan fingerprint density at radius 1 is 0.757 bits per heavy atom. The van der Waals surface area contributed by atoms with Gasteiger partial charge in [-0.05, 0) is 16.4 Å². The molecule has 0 N–H and O–H groups in total. The molecule has 1 aromatic rings. The van der Waals surface area contributed by atoms with Crippen LogP contribution in [0.5, 0.6) is 0 Å². The maximum Gasteiger partial charge on any atom is 0.000136 e. The quantitative estimate of drug-likeness (QED) is 0.221.